The van der Waals surface area contributed by atoms with Crippen molar-refractivity contribution in [3.05, 3.63) is 0 Å². The van der Waals surface area contributed by atoms with E-state index in [9.17, 15) is 0 Å². The fourth-order valence-corrected chi connectivity index (χ4v) is 2.74. The van der Waals surface area contributed by atoms with E-state index in [0.29, 0.717) is 12.5 Å². The lowest BCUT2D eigenvalue weighted by molar-refractivity contribution is -0.240. The van der Waals surface area contributed by atoms with E-state index in [2.05, 4.69) is 0 Å². The minimum absolute atomic E-state index is 0.188. The van der Waals surface area contributed by atoms with E-state index in [1.54, 1.807) is 0 Å². The molecule has 78 valence electrons. The Hall–Kier alpha value is -0.160. The zero-order valence-corrected chi connectivity index (χ0v) is 8.03. The van der Waals surface area contributed by atoms with Gasteiger partial charge in [-0.3, -0.25) is 9.47 Å². The van der Waals surface area contributed by atoms with Crippen molar-refractivity contribution in [2.45, 2.75) is 50.2 Å². The van der Waals surface area contributed by atoms with Gasteiger partial charge in [0, 0.05) is 0 Å². The largest absolute Gasteiger partial charge is 0.380 e. The summed E-state index contributed by atoms with van der Waals surface area (Å²) in [6.45, 7) is 0.631. The molecule has 14 heavy (non-hydrogen) atoms. The van der Waals surface area contributed by atoms with Crippen LogP contribution in [0.1, 0.15) is 32.1 Å². The molecule has 1 saturated carbocycles. The van der Waals surface area contributed by atoms with Crippen molar-refractivity contribution in [2.24, 2.45) is 5.92 Å². The molecule has 0 aromatic heterocycles. The molecule has 4 heteroatoms. The first-order valence-corrected chi connectivity index (χ1v) is 5.56. The number of hydrogen-bond donors (Lipinski definition) is 0. The van der Waals surface area contributed by atoms with Gasteiger partial charge in [-0.25, -0.2) is 0 Å². The lowest BCUT2D eigenvalue weighted by Crippen LogP contribution is -2.36. The summed E-state index contributed by atoms with van der Waals surface area (Å²) in [4.78, 5) is 0. The molecule has 0 N–H and O–H groups in total. The van der Waals surface area contributed by atoms with Gasteiger partial charge in [0.05, 0.1) is 12.7 Å². The number of hydrogen-bond acceptors (Lipinski definition) is 4. The molecule has 4 fully saturated rings. The van der Waals surface area contributed by atoms with E-state index in [0.717, 1.165) is 0 Å². The Morgan fingerprint density at radius 3 is 2.43 bits per heavy atom. The average Bonchev–Trinajstić information content (AvgIpc) is 3.03. The van der Waals surface area contributed by atoms with Gasteiger partial charge < -0.3 is 9.47 Å². The van der Waals surface area contributed by atoms with Crippen LogP contribution >= 0.6 is 0 Å². The maximum Gasteiger partial charge on any atom is 0.380 e. The highest BCUT2D eigenvalue weighted by Crippen LogP contribution is 2.71. The SMILES string of the molecule is C1CCC(C2COC34OC3(O2)O4)CC1. The topological polar surface area (TPSA) is 43.5 Å². The summed E-state index contributed by atoms with van der Waals surface area (Å²) in [5.74, 6) is -0.865. The van der Waals surface area contributed by atoms with Crippen molar-refractivity contribution in [3.63, 3.8) is 0 Å². The molecule has 0 bridgehead atoms. The van der Waals surface area contributed by atoms with E-state index in [-0.39, 0.29) is 6.10 Å². The van der Waals surface area contributed by atoms with Crippen LogP contribution in [-0.2, 0) is 18.9 Å². The third-order valence-corrected chi connectivity index (χ3v) is 3.75. The minimum Gasteiger partial charge on any atom is -0.318 e. The smallest absolute Gasteiger partial charge is 0.318 e. The Morgan fingerprint density at radius 2 is 1.71 bits per heavy atom. The average molecular weight is 198 g/mol. The van der Waals surface area contributed by atoms with Crippen LogP contribution in [0.4, 0.5) is 0 Å². The molecule has 1 aliphatic carbocycles. The third-order valence-electron chi connectivity index (χ3n) is 3.75. The van der Waals surface area contributed by atoms with Crippen LogP contribution in [0.25, 0.3) is 0 Å². The highest BCUT2D eigenvalue weighted by Gasteiger charge is 2.99. The van der Waals surface area contributed by atoms with Crippen LogP contribution in [-0.4, -0.2) is 24.7 Å². The summed E-state index contributed by atoms with van der Waals surface area (Å²) in [7, 11) is 0. The van der Waals surface area contributed by atoms with Crippen LogP contribution < -0.4 is 0 Å². The number of epoxide rings is 2. The first-order chi connectivity index (χ1) is 6.84. The van der Waals surface area contributed by atoms with Gasteiger partial charge in [0.25, 0.3) is 0 Å². The van der Waals surface area contributed by atoms with Crippen molar-refractivity contribution >= 4 is 0 Å². The standard InChI is InChI=1S/C10H14O4/c1-2-4-7(5-3-1)8-6-11-9-10(12-8,13-9)14-9/h7-8H,1-6H2. The lowest BCUT2D eigenvalue weighted by Gasteiger charge is -2.29. The summed E-state index contributed by atoms with van der Waals surface area (Å²) in [6, 6.07) is 0. The molecule has 1 atom stereocenters. The fraction of sp³-hybridized carbons (Fsp3) is 1.00. The van der Waals surface area contributed by atoms with Crippen LogP contribution in [0, 0.1) is 5.92 Å². The van der Waals surface area contributed by atoms with Crippen molar-refractivity contribution in [2.75, 3.05) is 6.61 Å². The first-order valence-electron chi connectivity index (χ1n) is 5.56. The second-order valence-electron chi connectivity index (χ2n) is 4.68. The van der Waals surface area contributed by atoms with Gasteiger partial charge in [-0.05, 0) is 18.8 Å². The molecule has 4 aliphatic rings. The summed E-state index contributed by atoms with van der Waals surface area (Å²) >= 11 is 0. The Balaban J connectivity index is 1.45. The molecule has 4 nitrogen and oxygen atoms in total. The van der Waals surface area contributed by atoms with Crippen LogP contribution in [0.15, 0.2) is 0 Å². The van der Waals surface area contributed by atoms with Crippen molar-refractivity contribution < 1.29 is 18.9 Å². The number of ether oxygens (including phenoxy) is 4. The van der Waals surface area contributed by atoms with E-state index in [1.807, 2.05) is 0 Å². The van der Waals surface area contributed by atoms with Gasteiger partial charge in [0.15, 0.2) is 0 Å². The van der Waals surface area contributed by atoms with E-state index in [1.165, 1.54) is 32.1 Å². The lowest BCUT2D eigenvalue weighted by atomic mass is 9.85. The van der Waals surface area contributed by atoms with Crippen LogP contribution in [0.2, 0.25) is 0 Å². The van der Waals surface area contributed by atoms with Gasteiger partial charge in [-0.2, -0.15) is 0 Å². The highest BCUT2D eigenvalue weighted by molar-refractivity contribution is 5.07. The Bertz CT molecular complexity index is 265. The molecule has 4 rings (SSSR count). The first kappa shape index (κ1) is 8.05. The zero-order valence-electron chi connectivity index (χ0n) is 8.03. The Kier molecular flexibility index (Phi) is 1.33. The van der Waals surface area contributed by atoms with Crippen LogP contribution in [0.5, 0.6) is 0 Å². The molecule has 0 aromatic rings. The molecule has 3 heterocycles. The van der Waals surface area contributed by atoms with Gasteiger partial charge in [-0.1, -0.05) is 19.3 Å². The molecule has 3 aliphatic heterocycles. The van der Waals surface area contributed by atoms with Gasteiger partial charge in [0.1, 0.15) is 0 Å². The van der Waals surface area contributed by atoms with E-state index < -0.39 is 11.9 Å². The van der Waals surface area contributed by atoms with Crippen molar-refractivity contribution in [1.29, 1.82) is 0 Å². The maximum atomic E-state index is 5.78. The summed E-state index contributed by atoms with van der Waals surface area (Å²) in [5.41, 5.74) is 0. The fourth-order valence-electron chi connectivity index (χ4n) is 2.74. The second kappa shape index (κ2) is 2.32. The molecule has 0 aromatic carbocycles. The molecule has 0 spiro atoms. The summed E-state index contributed by atoms with van der Waals surface area (Å²) < 4.78 is 21.7. The predicted octanol–water partition coefficient (Wildman–Crippen LogP) is 1.35. The zero-order chi connectivity index (χ0) is 9.23. The minimum atomic E-state index is -0.757. The molecule has 0 amide bonds. The van der Waals surface area contributed by atoms with Gasteiger partial charge in [-0.15, -0.1) is 0 Å². The monoisotopic (exact) mass is 198 g/mol. The maximum absolute atomic E-state index is 5.78. The van der Waals surface area contributed by atoms with Gasteiger partial charge >= 0.3 is 11.9 Å². The summed E-state index contributed by atoms with van der Waals surface area (Å²) in [6.07, 6.45) is 6.73. The molecule has 3 saturated heterocycles. The molecular weight excluding hydrogens is 184 g/mol. The Labute approximate surface area is 82.5 Å². The number of rotatable bonds is 1. The highest BCUT2D eigenvalue weighted by atomic mass is 17.2. The van der Waals surface area contributed by atoms with E-state index in [4.69, 9.17) is 18.9 Å². The third kappa shape index (κ3) is 0.877. The normalized spacial score (nSPS) is 56.1. The Morgan fingerprint density at radius 1 is 0.929 bits per heavy atom. The summed E-state index contributed by atoms with van der Waals surface area (Å²) in [5, 5.41) is 0. The van der Waals surface area contributed by atoms with Crippen molar-refractivity contribution in [1.82, 2.24) is 0 Å². The van der Waals surface area contributed by atoms with E-state index >= 15 is 0 Å². The molecule has 0 radical (unpaired) electrons. The predicted molar refractivity (Wildman–Crippen MR) is 45.0 cm³/mol. The molecule has 1 unspecified atom stereocenters. The quantitative estimate of drug-likeness (QED) is 0.596. The van der Waals surface area contributed by atoms with Crippen LogP contribution in [0.3, 0.4) is 0 Å². The molecular formula is C10H14O4. The van der Waals surface area contributed by atoms with Crippen molar-refractivity contribution in [3.8, 4) is 0 Å². The second-order valence-corrected chi connectivity index (χ2v) is 4.68. The van der Waals surface area contributed by atoms with Gasteiger partial charge in [0.2, 0.25) is 0 Å².